The van der Waals surface area contributed by atoms with Crippen molar-refractivity contribution in [2.24, 2.45) is 0 Å². The van der Waals surface area contributed by atoms with Crippen LogP contribution in [0.2, 0.25) is 5.02 Å². The molecule has 0 aliphatic carbocycles. The molecule has 0 saturated carbocycles. The van der Waals surface area contributed by atoms with Crippen molar-refractivity contribution in [3.05, 3.63) is 46.5 Å². The van der Waals surface area contributed by atoms with E-state index in [9.17, 15) is 18.0 Å². The van der Waals surface area contributed by atoms with Crippen molar-refractivity contribution in [3.63, 3.8) is 0 Å². The lowest BCUT2D eigenvalue weighted by Gasteiger charge is -2.27. The molecule has 2 aromatic rings. The molecule has 0 spiro atoms. The molecule has 1 saturated heterocycles. The maximum absolute atomic E-state index is 13.6. The molecule has 0 radical (unpaired) electrons. The Morgan fingerprint density at radius 3 is 2.78 bits per heavy atom. The molecule has 8 nitrogen and oxygen atoms in total. The average Bonchev–Trinajstić information content (AvgIpc) is 3.23. The molecule has 2 heterocycles. The van der Waals surface area contributed by atoms with Crippen LogP contribution in [0.1, 0.15) is 30.9 Å². The Labute approximate surface area is 191 Å². The summed E-state index contributed by atoms with van der Waals surface area (Å²) in [7, 11) is -3.98. The number of fused-ring (bicyclic) bond motifs is 1. The molecule has 2 atom stereocenters. The van der Waals surface area contributed by atoms with Crippen LogP contribution in [-0.4, -0.2) is 43.2 Å². The number of sulfonamides is 1. The minimum Gasteiger partial charge on any atom is -0.479 e. The Hall–Kier alpha value is -2.62. The van der Waals surface area contributed by atoms with Gasteiger partial charge in [-0.25, -0.2) is 8.42 Å². The number of rotatable bonds is 4. The highest BCUT2D eigenvalue weighted by Crippen LogP contribution is 2.37. The molecule has 0 aromatic heterocycles. The molecule has 0 unspecified atom stereocenters. The fraction of sp³-hybridized carbons (Fsp3) is 0.364. The van der Waals surface area contributed by atoms with E-state index in [1.165, 1.54) is 10.4 Å². The van der Waals surface area contributed by atoms with Crippen molar-refractivity contribution in [3.8, 4) is 5.75 Å². The SMILES string of the molecule is Cc1cc2c(cc1S(=O)(=O)N1CCC[C@H]1C(=O)Nc1cccc(Cl)c1C)O[C@H](C)C(=O)N2. The number of nitrogens with one attached hydrogen (secondary N) is 2. The summed E-state index contributed by atoms with van der Waals surface area (Å²) in [6.07, 6.45) is 0.254. The predicted molar refractivity (Wildman–Crippen MR) is 122 cm³/mol. The third-order valence-corrected chi connectivity index (χ3v) is 8.29. The number of aryl methyl sites for hydroxylation is 1. The predicted octanol–water partition coefficient (Wildman–Crippen LogP) is 3.47. The van der Waals surface area contributed by atoms with Gasteiger partial charge in [0.05, 0.1) is 10.6 Å². The third kappa shape index (κ3) is 3.96. The molecule has 4 rings (SSSR count). The van der Waals surface area contributed by atoms with Gasteiger partial charge in [0.15, 0.2) is 6.10 Å². The summed E-state index contributed by atoms with van der Waals surface area (Å²) in [4.78, 5) is 24.9. The van der Waals surface area contributed by atoms with Crippen molar-refractivity contribution in [2.45, 2.75) is 50.7 Å². The van der Waals surface area contributed by atoms with E-state index in [1.54, 1.807) is 45.0 Å². The highest BCUT2D eigenvalue weighted by atomic mass is 35.5. The first-order chi connectivity index (χ1) is 15.1. The van der Waals surface area contributed by atoms with Crippen LogP contribution in [0.3, 0.4) is 0 Å². The topological polar surface area (TPSA) is 105 Å². The van der Waals surface area contributed by atoms with Gasteiger partial charge in [0.2, 0.25) is 15.9 Å². The van der Waals surface area contributed by atoms with Crippen LogP contribution in [0.5, 0.6) is 5.75 Å². The quantitative estimate of drug-likeness (QED) is 0.701. The Bertz CT molecular complexity index is 1210. The second-order valence-electron chi connectivity index (χ2n) is 8.04. The standard InChI is InChI=1S/C22H24ClN3O5S/c1-12-10-17-19(31-14(3)21(27)25-17)11-20(12)32(29,30)26-9-5-8-18(26)22(28)24-16-7-4-6-15(23)13(16)2/h4,6-7,10-11,14,18H,5,8-9H2,1-3H3,(H,24,28)(H,25,27)/t14-,18+/m1/s1. The summed E-state index contributed by atoms with van der Waals surface area (Å²) >= 11 is 6.14. The van der Waals surface area contributed by atoms with E-state index in [2.05, 4.69) is 10.6 Å². The van der Waals surface area contributed by atoms with E-state index in [-0.39, 0.29) is 23.1 Å². The molecular formula is C22H24ClN3O5S. The van der Waals surface area contributed by atoms with Gasteiger partial charge >= 0.3 is 0 Å². The molecular weight excluding hydrogens is 454 g/mol. The zero-order chi connectivity index (χ0) is 23.2. The lowest BCUT2D eigenvalue weighted by Crippen LogP contribution is -2.43. The molecule has 32 heavy (non-hydrogen) atoms. The van der Waals surface area contributed by atoms with Crippen LogP contribution < -0.4 is 15.4 Å². The van der Waals surface area contributed by atoms with Crippen LogP contribution in [-0.2, 0) is 19.6 Å². The van der Waals surface area contributed by atoms with Gasteiger partial charge in [-0.05, 0) is 62.9 Å². The molecule has 2 N–H and O–H groups in total. The van der Waals surface area contributed by atoms with E-state index >= 15 is 0 Å². The minimum atomic E-state index is -3.98. The van der Waals surface area contributed by atoms with Crippen molar-refractivity contribution >= 4 is 44.8 Å². The van der Waals surface area contributed by atoms with Crippen molar-refractivity contribution in [1.82, 2.24) is 4.31 Å². The smallest absolute Gasteiger partial charge is 0.265 e. The fourth-order valence-electron chi connectivity index (χ4n) is 4.00. The number of carbonyl (C=O) groups is 2. The Morgan fingerprint density at radius 2 is 2.03 bits per heavy atom. The van der Waals surface area contributed by atoms with E-state index < -0.39 is 28.1 Å². The number of carbonyl (C=O) groups excluding carboxylic acids is 2. The summed E-state index contributed by atoms with van der Waals surface area (Å²) in [5, 5.41) is 6.05. The van der Waals surface area contributed by atoms with Gasteiger partial charge in [-0.3, -0.25) is 9.59 Å². The molecule has 2 aliphatic heterocycles. The van der Waals surface area contributed by atoms with E-state index in [0.717, 1.165) is 0 Å². The van der Waals surface area contributed by atoms with Gasteiger partial charge in [-0.15, -0.1) is 0 Å². The zero-order valence-electron chi connectivity index (χ0n) is 17.9. The van der Waals surface area contributed by atoms with Crippen LogP contribution in [0, 0.1) is 13.8 Å². The first-order valence-electron chi connectivity index (χ1n) is 10.3. The largest absolute Gasteiger partial charge is 0.479 e. The van der Waals surface area contributed by atoms with Gasteiger partial charge < -0.3 is 15.4 Å². The number of nitrogens with zero attached hydrogens (tertiary/aromatic N) is 1. The summed E-state index contributed by atoms with van der Waals surface area (Å²) in [6.45, 7) is 5.26. The summed E-state index contributed by atoms with van der Waals surface area (Å²) < 4.78 is 33.9. The Kier molecular flexibility index (Phi) is 5.91. The van der Waals surface area contributed by atoms with Gasteiger partial charge in [-0.2, -0.15) is 4.31 Å². The van der Waals surface area contributed by atoms with Gasteiger partial charge in [-0.1, -0.05) is 17.7 Å². The van der Waals surface area contributed by atoms with Crippen LogP contribution >= 0.6 is 11.6 Å². The van der Waals surface area contributed by atoms with Crippen molar-refractivity contribution < 1.29 is 22.7 Å². The van der Waals surface area contributed by atoms with E-state index in [0.29, 0.717) is 40.4 Å². The van der Waals surface area contributed by atoms with E-state index in [4.69, 9.17) is 16.3 Å². The summed E-state index contributed by atoms with van der Waals surface area (Å²) in [5.41, 5.74) is 2.15. The number of ether oxygens (including phenoxy) is 1. The third-order valence-electron chi connectivity index (χ3n) is 5.83. The minimum absolute atomic E-state index is 0.0539. The molecule has 2 amide bonds. The number of halogens is 1. The van der Waals surface area contributed by atoms with Gasteiger partial charge in [0, 0.05) is 23.3 Å². The number of amides is 2. The highest BCUT2D eigenvalue weighted by Gasteiger charge is 2.41. The lowest BCUT2D eigenvalue weighted by molar-refractivity contribution is -0.122. The van der Waals surface area contributed by atoms with Crippen molar-refractivity contribution in [1.29, 1.82) is 0 Å². The fourth-order valence-corrected chi connectivity index (χ4v) is 6.05. The maximum atomic E-state index is 13.6. The van der Waals surface area contributed by atoms with E-state index in [1.807, 2.05) is 0 Å². The van der Waals surface area contributed by atoms with Crippen LogP contribution in [0.15, 0.2) is 35.2 Å². The maximum Gasteiger partial charge on any atom is 0.265 e. The molecule has 170 valence electrons. The Morgan fingerprint density at radius 1 is 1.28 bits per heavy atom. The second kappa shape index (κ2) is 8.38. The van der Waals surface area contributed by atoms with Crippen LogP contribution in [0.25, 0.3) is 0 Å². The number of benzene rings is 2. The molecule has 0 bridgehead atoms. The first-order valence-corrected chi connectivity index (χ1v) is 12.1. The molecule has 1 fully saturated rings. The van der Waals surface area contributed by atoms with Gasteiger partial charge in [0.1, 0.15) is 11.8 Å². The number of hydrogen-bond donors (Lipinski definition) is 2. The first kappa shape index (κ1) is 22.6. The zero-order valence-corrected chi connectivity index (χ0v) is 19.5. The highest BCUT2D eigenvalue weighted by molar-refractivity contribution is 7.89. The molecule has 10 heteroatoms. The monoisotopic (exact) mass is 477 g/mol. The lowest BCUT2D eigenvalue weighted by atomic mass is 10.1. The second-order valence-corrected chi connectivity index (χ2v) is 10.3. The normalized spacial score (nSPS) is 20.9. The van der Waals surface area contributed by atoms with Gasteiger partial charge in [0.25, 0.3) is 5.91 Å². The number of hydrogen-bond acceptors (Lipinski definition) is 5. The van der Waals surface area contributed by atoms with Crippen molar-refractivity contribution in [2.75, 3.05) is 17.2 Å². The average molecular weight is 478 g/mol. The Balaban J connectivity index is 1.63. The molecule has 2 aromatic carbocycles. The number of anilines is 2. The molecule has 2 aliphatic rings. The summed E-state index contributed by atoms with van der Waals surface area (Å²) in [5.74, 6) is -0.402. The summed E-state index contributed by atoms with van der Waals surface area (Å²) in [6, 6.07) is 7.34. The van der Waals surface area contributed by atoms with Crippen LogP contribution in [0.4, 0.5) is 11.4 Å².